The Morgan fingerprint density at radius 1 is 1.40 bits per heavy atom. The highest BCUT2D eigenvalue weighted by Crippen LogP contribution is 2.30. The first-order chi connectivity index (χ1) is 9.61. The minimum absolute atomic E-state index is 0.0397. The molecule has 1 aromatic heterocycles. The fraction of sp³-hybridized carbons (Fsp3) is 0.333. The maximum atomic E-state index is 14.1. The number of nitrogens with one attached hydrogen (secondary N) is 1. The van der Waals surface area contributed by atoms with Gasteiger partial charge >= 0.3 is 0 Å². The highest BCUT2D eigenvalue weighted by Gasteiger charge is 2.17. The van der Waals surface area contributed by atoms with Gasteiger partial charge in [0.2, 0.25) is 0 Å². The van der Waals surface area contributed by atoms with Gasteiger partial charge < -0.3 is 5.32 Å². The van der Waals surface area contributed by atoms with Gasteiger partial charge in [-0.25, -0.2) is 4.39 Å². The van der Waals surface area contributed by atoms with E-state index >= 15 is 0 Å². The molecule has 1 unspecified atom stereocenters. The third-order valence-corrected chi connectivity index (χ3v) is 5.24. The van der Waals surface area contributed by atoms with Gasteiger partial charge in [-0.05, 0) is 52.5 Å². The van der Waals surface area contributed by atoms with Crippen LogP contribution in [0.5, 0.6) is 0 Å². The van der Waals surface area contributed by atoms with E-state index in [-0.39, 0.29) is 11.9 Å². The van der Waals surface area contributed by atoms with Crippen LogP contribution in [0.25, 0.3) is 0 Å². The molecule has 20 heavy (non-hydrogen) atoms. The third kappa shape index (κ3) is 4.04. The smallest absolute Gasteiger partial charge is 0.129 e. The maximum Gasteiger partial charge on any atom is 0.129 e. The van der Waals surface area contributed by atoms with Gasteiger partial charge in [-0.15, -0.1) is 11.3 Å². The van der Waals surface area contributed by atoms with E-state index in [4.69, 9.17) is 11.6 Å². The van der Waals surface area contributed by atoms with Crippen LogP contribution in [0, 0.1) is 5.82 Å². The molecular formula is C15H16BrClFNS. The molecule has 108 valence electrons. The van der Waals surface area contributed by atoms with Gasteiger partial charge in [0.1, 0.15) is 5.82 Å². The Labute approximate surface area is 136 Å². The van der Waals surface area contributed by atoms with Crippen LogP contribution in [-0.4, -0.2) is 6.54 Å². The van der Waals surface area contributed by atoms with Gasteiger partial charge in [0.15, 0.2) is 0 Å². The van der Waals surface area contributed by atoms with Crippen molar-refractivity contribution >= 4 is 38.9 Å². The zero-order valence-corrected chi connectivity index (χ0v) is 14.3. The van der Waals surface area contributed by atoms with Gasteiger partial charge in [0, 0.05) is 32.4 Å². The van der Waals surface area contributed by atoms with Gasteiger partial charge in [-0.1, -0.05) is 24.6 Å². The van der Waals surface area contributed by atoms with Crippen LogP contribution in [0.4, 0.5) is 4.39 Å². The predicted octanol–water partition coefficient (Wildman–Crippen LogP) is 5.59. The molecule has 0 aliphatic carbocycles. The summed E-state index contributed by atoms with van der Waals surface area (Å²) >= 11 is 11.0. The molecule has 1 nitrogen and oxygen atoms in total. The molecule has 2 aromatic rings. The quantitative estimate of drug-likeness (QED) is 0.693. The lowest BCUT2D eigenvalue weighted by Crippen LogP contribution is -2.24. The summed E-state index contributed by atoms with van der Waals surface area (Å²) in [5, 5.41) is 5.88. The molecule has 0 amide bonds. The van der Waals surface area contributed by atoms with Crippen LogP contribution < -0.4 is 5.32 Å². The molecule has 1 atom stereocenters. The molecule has 0 aliphatic heterocycles. The lowest BCUT2D eigenvalue weighted by Gasteiger charge is -2.19. The normalized spacial score (nSPS) is 12.6. The van der Waals surface area contributed by atoms with Crippen LogP contribution in [0.3, 0.4) is 0 Å². The zero-order chi connectivity index (χ0) is 14.5. The molecule has 0 bridgehead atoms. The molecule has 0 aliphatic rings. The Morgan fingerprint density at radius 3 is 2.80 bits per heavy atom. The number of thiophene rings is 1. The second-order valence-corrected chi connectivity index (χ2v) is 6.86. The molecule has 0 saturated heterocycles. The molecule has 0 fully saturated rings. The fourth-order valence-corrected chi connectivity index (χ4v) is 3.77. The molecule has 1 aromatic carbocycles. The van der Waals surface area contributed by atoms with Crippen molar-refractivity contribution in [2.45, 2.75) is 25.8 Å². The highest BCUT2D eigenvalue weighted by molar-refractivity contribution is 9.10. The molecular weight excluding hydrogens is 361 g/mol. The molecule has 1 N–H and O–H groups in total. The summed E-state index contributed by atoms with van der Waals surface area (Å²) in [4.78, 5) is 1.22. The first-order valence-corrected chi connectivity index (χ1v) is 8.57. The summed E-state index contributed by atoms with van der Waals surface area (Å²) in [7, 11) is 0. The second-order valence-electron chi connectivity index (χ2n) is 4.57. The van der Waals surface area contributed by atoms with E-state index in [0.29, 0.717) is 10.6 Å². The van der Waals surface area contributed by atoms with Crippen molar-refractivity contribution in [3.8, 4) is 0 Å². The fourth-order valence-electron chi connectivity index (χ4n) is 2.05. The van der Waals surface area contributed by atoms with E-state index < -0.39 is 0 Å². The van der Waals surface area contributed by atoms with Gasteiger partial charge in [0.05, 0.1) is 0 Å². The summed E-state index contributed by atoms with van der Waals surface area (Å²) in [5.41, 5.74) is 0.670. The van der Waals surface area contributed by atoms with Crippen molar-refractivity contribution in [3.05, 3.63) is 55.4 Å². The van der Waals surface area contributed by atoms with Gasteiger partial charge in [0.25, 0.3) is 0 Å². The predicted molar refractivity (Wildman–Crippen MR) is 88.2 cm³/mol. The largest absolute Gasteiger partial charge is 0.310 e. The van der Waals surface area contributed by atoms with Crippen molar-refractivity contribution < 1.29 is 4.39 Å². The number of hydrogen-bond donors (Lipinski definition) is 1. The average molecular weight is 377 g/mol. The van der Waals surface area contributed by atoms with E-state index in [0.717, 1.165) is 23.9 Å². The Hall–Kier alpha value is -0.420. The van der Waals surface area contributed by atoms with Crippen molar-refractivity contribution in [1.29, 1.82) is 0 Å². The minimum atomic E-state index is -0.251. The molecule has 0 radical (unpaired) electrons. The average Bonchev–Trinajstić information content (AvgIpc) is 2.80. The van der Waals surface area contributed by atoms with E-state index in [9.17, 15) is 4.39 Å². The van der Waals surface area contributed by atoms with Crippen LogP contribution in [0.15, 0.2) is 34.1 Å². The first kappa shape index (κ1) is 16.0. The third-order valence-electron chi connectivity index (χ3n) is 3.06. The van der Waals surface area contributed by atoms with Crippen molar-refractivity contribution in [2.75, 3.05) is 6.54 Å². The van der Waals surface area contributed by atoms with E-state index in [1.165, 1.54) is 10.9 Å². The standard InChI is InChI=1S/C15H16BrClFNS/c1-2-6-19-14(9-15-12(16)5-7-20-15)11-4-3-10(17)8-13(11)18/h3-5,7-8,14,19H,2,6,9H2,1H3. The number of hydrogen-bond acceptors (Lipinski definition) is 2. The van der Waals surface area contributed by atoms with Crippen molar-refractivity contribution in [3.63, 3.8) is 0 Å². The number of benzene rings is 1. The summed E-state index contributed by atoms with van der Waals surface area (Å²) in [6, 6.07) is 6.87. The second kappa shape index (κ2) is 7.55. The first-order valence-electron chi connectivity index (χ1n) is 6.52. The Bertz CT molecular complexity index is 573. The molecule has 2 rings (SSSR count). The Morgan fingerprint density at radius 2 is 2.20 bits per heavy atom. The lowest BCUT2D eigenvalue weighted by atomic mass is 10.0. The lowest BCUT2D eigenvalue weighted by molar-refractivity contribution is 0.499. The summed E-state index contributed by atoms with van der Waals surface area (Å²) in [6.07, 6.45) is 1.77. The van der Waals surface area contributed by atoms with Crippen LogP contribution >= 0.6 is 38.9 Å². The van der Waals surface area contributed by atoms with Crippen molar-refractivity contribution in [1.82, 2.24) is 5.32 Å². The summed E-state index contributed by atoms with van der Waals surface area (Å²) in [6.45, 7) is 2.96. The number of rotatable bonds is 6. The van der Waals surface area contributed by atoms with Crippen LogP contribution in [-0.2, 0) is 6.42 Å². The Kier molecular flexibility index (Phi) is 6.02. The van der Waals surface area contributed by atoms with E-state index in [1.54, 1.807) is 23.5 Å². The van der Waals surface area contributed by atoms with Crippen LogP contribution in [0.1, 0.15) is 29.8 Å². The van der Waals surface area contributed by atoms with Gasteiger partial charge in [-0.2, -0.15) is 0 Å². The number of halogens is 3. The summed E-state index contributed by atoms with van der Waals surface area (Å²) < 4.78 is 15.2. The topological polar surface area (TPSA) is 12.0 Å². The molecule has 1 heterocycles. The monoisotopic (exact) mass is 375 g/mol. The minimum Gasteiger partial charge on any atom is -0.310 e. The van der Waals surface area contributed by atoms with Crippen LogP contribution in [0.2, 0.25) is 5.02 Å². The SMILES string of the molecule is CCCNC(Cc1sccc1Br)c1ccc(Cl)cc1F. The zero-order valence-electron chi connectivity index (χ0n) is 11.1. The van der Waals surface area contributed by atoms with E-state index in [1.807, 2.05) is 11.4 Å². The van der Waals surface area contributed by atoms with E-state index in [2.05, 4.69) is 28.2 Å². The van der Waals surface area contributed by atoms with Gasteiger partial charge in [-0.3, -0.25) is 0 Å². The van der Waals surface area contributed by atoms with Crippen molar-refractivity contribution in [2.24, 2.45) is 0 Å². The highest BCUT2D eigenvalue weighted by atomic mass is 79.9. The molecule has 0 saturated carbocycles. The summed E-state index contributed by atoms with van der Waals surface area (Å²) in [5.74, 6) is -0.251. The molecule has 5 heteroatoms. The maximum absolute atomic E-state index is 14.1. The Balaban J connectivity index is 2.24. The molecule has 0 spiro atoms.